The topological polar surface area (TPSA) is 57.2 Å². The van der Waals surface area contributed by atoms with Crippen molar-refractivity contribution in [1.29, 1.82) is 0 Å². The number of halogens is 1. The molecule has 0 fully saturated rings. The summed E-state index contributed by atoms with van der Waals surface area (Å²) in [5.41, 5.74) is 2.95. The first-order chi connectivity index (χ1) is 13.0. The second kappa shape index (κ2) is 6.81. The van der Waals surface area contributed by atoms with Gasteiger partial charge in [-0.1, -0.05) is 22.5 Å². The Hall–Kier alpha value is -2.67. The van der Waals surface area contributed by atoms with E-state index in [1.807, 2.05) is 18.2 Å². The Labute approximate surface area is 165 Å². The van der Waals surface area contributed by atoms with Gasteiger partial charge in [-0.05, 0) is 36.2 Å². The molecular weight excluding hydrogens is 414 g/mol. The zero-order chi connectivity index (χ0) is 19.1. The van der Waals surface area contributed by atoms with Gasteiger partial charge in [0.15, 0.2) is 23.0 Å². The molecule has 0 spiro atoms. The lowest BCUT2D eigenvalue weighted by atomic mass is 10.1. The number of rotatable bonds is 5. The molecule has 4 rings (SSSR count). The minimum absolute atomic E-state index is 0.136. The van der Waals surface area contributed by atoms with Gasteiger partial charge in [-0.3, -0.25) is 4.79 Å². The van der Waals surface area contributed by atoms with E-state index < -0.39 is 0 Å². The third-order valence-corrected chi connectivity index (χ3v) is 5.53. The van der Waals surface area contributed by atoms with E-state index in [-0.39, 0.29) is 12.7 Å². The molecule has 0 radical (unpaired) electrons. The van der Waals surface area contributed by atoms with Crippen LogP contribution < -0.4 is 18.9 Å². The summed E-state index contributed by atoms with van der Waals surface area (Å²) in [5.74, 6) is 2.26. The van der Waals surface area contributed by atoms with E-state index in [4.69, 9.17) is 18.9 Å². The molecule has 0 aliphatic carbocycles. The predicted octanol–water partition coefficient (Wildman–Crippen LogP) is 3.86. The van der Waals surface area contributed by atoms with Crippen LogP contribution in [0.2, 0.25) is 0 Å². The zero-order valence-electron chi connectivity index (χ0n) is 15.0. The molecule has 7 heteroatoms. The van der Waals surface area contributed by atoms with Crippen molar-refractivity contribution in [2.24, 2.45) is 0 Å². The predicted molar refractivity (Wildman–Crippen MR) is 104 cm³/mol. The fourth-order valence-corrected chi connectivity index (χ4v) is 3.92. The maximum absolute atomic E-state index is 13.0. The number of methoxy groups -OCH3 is 2. The molecule has 2 heterocycles. The molecule has 0 saturated carbocycles. The summed E-state index contributed by atoms with van der Waals surface area (Å²) in [5, 5.41) is 0. The van der Waals surface area contributed by atoms with E-state index in [0.29, 0.717) is 35.7 Å². The highest BCUT2D eigenvalue weighted by molar-refractivity contribution is 9.10. The van der Waals surface area contributed by atoms with Gasteiger partial charge < -0.3 is 23.8 Å². The largest absolute Gasteiger partial charge is 0.493 e. The summed E-state index contributed by atoms with van der Waals surface area (Å²) in [6, 6.07) is 7.45. The third kappa shape index (κ3) is 2.82. The first-order valence-corrected chi connectivity index (χ1v) is 9.18. The molecule has 1 amide bonds. The van der Waals surface area contributed by atoms with Crippen LogP contribution in [0, 0.1) is 0 Å². The minimum atomic E-state index is -0.136. The summed E-state index contributed by atoms with van der Waals surface area (Å²) in [4.78, 5) is 14.7. The van der Waals surface area contributed by atoms with Gasteiger partial charge in [-0.25, -0.2) is 0 Å². The van der Waals surface area contributed by atoms with Gasteiger partial charge in [0.25, 0.3) is 5.91 Å². The monoisotopic (exact) mass is 431 g/mol. The minimum Gasteiger partial charge on any atom is -0.493 e. The Morgan fingerprint density at radius 2 is 1.93 bits per heavy atom. The van der Waals surface area contributed by atoms with E-state index in [1.54, 1.807) is 18.1 Å². The van der Waals surface area contributed by atoms with Crippen LogP contribution in [0.25, 0.3) is 5.70 Å². The fraction of sp³-hybridized carbons (Fsp3) is 0.250. The molecule has 0 unspecified atom stereocenters. The lowest BCUT2D eigenvalue weighted by Crippen LogP contribution is -2.25. The van der Waals surface area contributed by atoms with Crippen LogP contribution in [0.15, 0.2) is 35.3 Å². The van der Waals surface area contributed by atoms with Gasteiger partial charge in [0.2, 0.25) is 6.79 Å². The molecule has 27 heavy (non-hydrogen) atoms. The van der Waals surface area contributed by atoms with Gasteiger partial charge in [0.05, 0.1) is 19.8 Å². The first-order valence-electron chi connectivity index (χ1n) is 8.39. The summed E-state index contributed by atoms with van der Waals surface area (Å²) >= 11 is 3.56. The van der Waals surface area contributed by atoms with Gasteiger partial charge in [-0.2, -0.15) is 0 Å². The Morgan fingerprint density at radius 1 is 1.19 bits per heavy atom. The third-order valence-electron chi connectivity index (χ3n) is 4.79. The molecule has 2 aliphatic rings. The number of nitrogens with zero attached hydrogens (tertiary/aromatic N) is 1. The number of hydrogen-bond acceptors (Lipinski definition) is 5. The lowest BCUT2D eigenvalue weighted by molar-refractivity contribution is 0.0848. The van der Waals surface area contributed by atoms with E-state index >= 15 is 0 Å². The zero-order valence-corrected chi connectivity index (χ0v) is 16.6. The Bertz CT molecular complexity index is 956. The van der Waals surface area contributed by atoms with Crippen LogP contribution in [0.3, 0.4) is 0 Å². The average molecular weight is 432 g/mol. The van der Waals surface area contributed by atoms with Crippen LogP contribution in [-0.2, 0) is 6.42 Å². The fourth-order valence-electron chi connectivity index (χ4n) is 3.40. The van der Waals surface area contributed by atoms with Crippen molar-refractivity contribution in [2.45, 2.75) is 6.42 Å². The van der Waals surface area contributed by atoms with Crippen molar-refractivity contribution in [1.82, 2.24) is 4.90 Å². The molecule has 0 aromatic heterocycles. The Morgan fingerprint density at radius 3 is 2.63 bits per heavy atom. The van der Waals surface area contributed by atoms with Gasteiger partial charge in [0, 0.05) is 22.3 Å². The van der Waals surface area contributed by atoms with Crippen molar-refractivity contribution >= 4 is 27.5 Å². The van der Waals surface area contributed by atoms with Crippen molar-refractivity contribution in [3.63, 3.8) is 0 Å². The van der Waals surface area contributed by atoms with E-state index in [9.17, 15) is 4.79 Å². The van der Waals surface area contributed by atoms with E-state index in [2.05, 4.69) is 22.5 Å². The SMILES string of the molecule is C=C1c2ccc(OC)c(OC)c2C(=O)N1CCc1cc2c(cc1Br)OCO2. The average Bonchev–Trinajstić information content (AvgIpc) is 3.22. The van der Waals surface area contributed by atoms with Crippen molar-refractivity contribution in [3.8, 4) is 23.0 Å². The summed E-state index contributed by atoms with van der Waals surface area (Å²) in [6.45, 7) is 4.81. The smallest absolute Gasteiger partial charge is 0.262 e. The molecule has 0 bridgehead atoms. The summed E-state index contributed by atoms with van der Waals surface area (Å²) in [6.07, 6.45) is 0.634. The van der Waals surface area contributed by atoms with E-state index in [0.717, 1.165) is 27.1 Å². The quantitative estimate of drug-likeness (QED) is 0.718. The standard InChI is InChI=1S/C20H18BrNO5/c1-11-13-4-5-15(24-2)19(25-3)18(13)20(23)22(11)7-6-12-8-16-17(9-14(12)21)27-10-26-16/h4-5,8-9H,1,6-7,10H2,2-3H3. The van der Waals surface area contributed by atoms with Crippen molar-refractivity contribution in [2.75, 3.05) is 27.6 Å². The van der Waals surface area contributed by atoms with Crippen molar-refractivity contribution in [3.05, 3.63) is 52.0 Å². The lowest BCUT2D eigenvalue weighted by Gasteiger charge is -2.18. The molecule has 2 aliphatic heterocycles. The highest BCUT2D eigenvalue weighted by atomic mass is 79.9. The second-order valence-electron chi connectivity index (χ2n) is 6.17. The number of benzene rings is 2. The van der Waals surface area contributed by atoms with Gasteiger partial charge in [0.1, 0.15) is 0 Å². The Balaban J connectivity index is 1.59. The van der Waals surface area contributed by atoms with Crippen LogP contribution in [-0.4, -0.2) is 38.4 Å². The van der Waals surface area contributed by atoms with Crippen LogP contribution in [0.5, 0.6) is 23.0 Å². The molecule has 0 saturated heterocycles. The Kier molecular flexibility index (Phi) is 4.47. The maximum atomic E-state index is 13.0. The normalized spacial score (nSPS) is 14.6. The molecule has 0 atom stereocenters. The van der Waals surface area contributed by atoms with Gasteiger partial charge in [-0.15, -0.1) is 0 Å². The molecule has 2 aromatic carbocycles. The highest BCUT2D eigenvalue weighted by Gasteiger charge is 2.35. The first kappa shape index (κ1) is 17.7. The molecule has 0 N–H and O–H groups in total. The number of fused-ring (bicyclic) bond motifs is 2. The summed E-state index contributed by atoms with van der Waals surface area (Å²) in [7, 11) is 3.08. The van der Waals surface area contributed by atoms with Crippen LogP contribution >= 0.6 is 15.9 Å². The number of hydrogen-bond donors (Lipinski definition) is 0. The number of amides is 1. The highest BCUT2D eigenvalue weighted by Crippen LogP contribution is 2.43. The number of carbonyl (C=O) groups is 1. The molecule has 6 nitrogen and oxygen atoms in total. The van der Waals surface area contributed by atoms with Gasteiger partial charge >= 0.3 is 0 Å². The summed E-state index contributed by atoms with van der Waals surface area (Å²) < 4.78 is 22.5. The van der Waals surface area contributed by atoms with Crippen molar-refractivity contribution < 1.29 is 23.7 Å². The number of carbonyl (C=O) groups excluding carboxylic acids is 1. The van der Waals surface area contributed by atoms with E-state index in [1.165, 1.54) is 7.11 Å². The molecule has 140 valence electrons. The number of ether oxygens (including phenoxy) is 4. The van der Waals surface area contributed by atoms with Crippen LogP contribution in [0.1, 0.15) is 21.5 Å². The molecular formula is C20H18BrNO5. The second-order valence-corrected chi connectivity index (χ2v) is 7.03. The van der Waals surface area contributed by atoms with Crippen LogP contribution in [0.4, 0.5) is 0 Å². The molecule has 2 aromatic rings. The maximum Gasteiger partial charge on any atom is 0.262 e.